The Hall–Kier alpha value is -2.62. The van der Waals surface area contributed by atoms with Gasteiger partial charge in [0.25, 0.3) is 11.6 Å². The number of rotatable bonds is 3. The molecule has 0 atom stereocenters. The standard InChI is InChI=1S/C17H17N3O/c1-12-5-7-14(8-6-12)17(21)18-10-15-11-20-9-3-4-13(2)16(20)19-15/h3-9,11H,10H2,1-2H3,(H,18,21)/p+1. The Morgan fingerprint density at radius 1 is 1.19 bits per heavy atom. The molecule has 0 spiro atoms. The van der Waals surface area contributed by atoms with E-state index in [4.69, 9.17) is 0 Å². The van der Waals surface area contributed by atoms with E-state index in [1.165, 1.54) is 5.56 Å². The van der Waals surface area contributed by atoms with Crippen molar-refractivity contribution in [3.05, 3.63) is 71.2 Å². The Balaban J connectivity index is 1.72. The molecular formula is C17H18N3O+. The second-order valence-corrected chi connectivity index (χ2v) is 5.28. The topological polar surface area (TPSA) is 49.0 Å². The van der Waals surface area contributed by atoms with E-state index in [-0.39, 0.29) is 5.91 Å². The van der Waals surface area contributed by atoms with Crippen molar-refractivity contribution in [2.45, 2.75) is 20.4 Å². The van der Waals surface area contributed by atoms with Gasteiger partial charge in [-0.1, -0.05) is 17.7 Å². The van der Waals surface area contributed by atoms with E-state index in [1.807, 2.05) is 54.0 Å². The Morgan fingerprint density at radius 3 is 2.67 bits per heavy atom. The molecule has 1 amide bonds. The summed E-state index contributed by atoms with van der Waals surface area (Å²) >= 11 is 0. The van der Waals surface area contributed by atoms with E-state index in [9.17, 15) is 4.79 Å². The van der Waals surface area contributed by atoms with Crippen molar-refractivity contribution < 1.29 is 9.20 Å². The van der Waals surface area contributed by atoms with Gasteiger partial charge in [0.15, 0.2) is 5.69 Å². The van der Waals surface area contributed by atoms with Crippen LogP contribution in [0.4, 0.5) is 0 Å². The number of imidazole rings is 1. The van der Waals surface area contributed by atoms with E-state index < -0.39 is 0 Å². The quantitative estimate of drug-likeness (QED) is 0.711. The van der Waals surface area contributed by atoms with Gasteiger partial charge in [-0.3, -0.25) is 4.79 Å². The van der Waals surface area contributed by atoms with E-state index >= 15 is 0 Å². The highest BCUT2D eigenvalue weighted by Crippen LogP contribution is 2.05. The number of aryl methyl sites for hydroxylation is 2. The van der Waals surface area contributed by atoms with Crippen molar-refractivity contribution in [1.82, 2.24) is 10.3 Å². The van der Waals surface area contributed by atoms with E-state index in [0.29, 0.717) is 12.1 Å². The molecule has 2 aromatic heterocycles. The van der Waals surface area contributed by atoms with Crippen LogP contribution < -0.4 is 9.72 Å². The highest BCUT2D eigenvalue weighted by molar-refractivity contribution is 5.94. The summed E-state index contributed by atoms with van der Waals surface area (Å²) < 4.78 is 2.03. The number of nitrogens with zero attached hydrogens (tertiary/aromatic N) is 1. The molecule has 0 fully saturated rings. The first kappa shape index (κ1) is 13.4. The molecule has 1 aromatic carbocycles. The lowest BCUT2D eigenvalue weighted by atomic mass is 10.1. The smallest absolute Gasteiger partial charge is 0.287 e. The van der Waals surface area contributed by atoms with Crippen LogP contribution in [-0.4, -0.2) is 10.9 Å². The zero-order valence-corrected chi connectivity index (χ0v) is 12.2. The molecular weight excluding hydrogens is 262 g/mol. The summed E-state index contributed by atoms with van der Waals surface area (Å²) in [5, 5.41) is 2.93. The van der Waals surface area contributed by atoms with Crippen molar-refractivity contribution >= 4 is 11.6 Å². The molecule has 0 saturated carbocycles. The average molecular weight is 280 g/mol. The molecule has 3 rings (SSSR count). The Labute approximate surface area is 123 Å². The molecule has 0 saturated heterocycles. The van der Waals surface area contributed by atoms with Crippen LogP contribution in [0.25, 0.3) is 5.65 Å². The predicted octanol–water partition coefficient (Wildman–Crippen LogP) is 2.30. The number of benzene rings is 1. The second-order valence-electron chi connectivity index (χ2n) is 5.28. The normalized spacial score (nSPS) is 10.8. The Morgan fingerprint density at radius 2 is 1.95 bits per heavy atom. The number of hydrogen-bond acceptors (Lipinski definition) is 1. The fourth-order valence-electron chi connectivity index (χ4n) is 2.33. The highest BCUT2D eigenvalue weighted by Gasteiger charge is 2.12. The van der Waals surface area contributed by atoms with Crippen molar-refractivity contribution in [1.29, 1.82) is 0 Å². The lowest BCUT2D eigenvalue weighted by Crippen LogP contribution is -2.23. The Bertz CT molecular complexity index is 787. The summed E-state index contributed by atoms with van der Waals surface area (Å²) in [4.78, 5) is 15.4. The van der Waals surface area contributed by atoms with Crippen molar-refractivity contribution in [2.75, 3.05) is 0 Å². The summed E-state index contributed by atoms with van der Waals surface area (Å²) in [5.41, 5.74) is 5.03. The summed E-state index contributed by atoms with van der Waals surface area (Å²) in [6, 6.07) is 11.6. The summed E-state index contributed by atoms with van der Waals surface area (Å²) in [6.07, 6.45) is 3.99. The number of carbonyl (C=O) groups excluding carboxylic acids is 1. The fraction of sp³-hybridized carbons (Fsp3) is 0.176. The summed E-state index contributed by atoms with van der Waals surface area (Å²) in [7, 11) is 0. The number of nitrogens with one attached hydrogen (secondary N) is 2. The highest BCUT2D eigenvalue weighted by atomic mass is 16.1. The number of hydrogen-bond donors (Lipinski definition) is 2. The van der Waals surface area contributed by atoms with E-state index in [1.54, 1.807) is 0 Å². The lowest BCUT2D eigenvalue weighted by molar-refractivity contribution is -0.510. The predicted molar refractivity (Wildman–Crippen MR) is 81.0 cm³/mol. The molecule has 0 aliphatic carbocycles. The monoisotopic (exact) mass is 280 g/mol. The van der Waals surface area contributed by atoms with Crippen LogP contribution >= 0.6 is 0 Å². The van der Waals surface area contributed by atoms with Gasteiger partial charge >= 0.3 is 0 Å². The van der Waals surface area contributed by atoms with Gasteiger partial charge in [0.05, 0.1) is 12.7 Å². The minimum atomic E-state index is -0.0598. The molecule has 106 valence electrons. The minimum Gasteiger partial charge on any atom is -0.344 e. The van der Waals surface area contributed by atoms with Gasteiger partial charge in [0, 0.05) is 11.1 Å². The lowest BCUT2D eigenvalue weighted by Gasteiger charge is -2.02. The number of fused-ring (bicyclic) bond motifs is 1. The number of H-pyrrole nitrogens is 1. The van der Waals surface area contributed by atoms with Gasteiger partial charge in [-0.25, -0.2) is 9.38 Å². The largest absolute Gasteiger partial charge is 0.344 e. The number of carbonyl (C=O) groups is 1. The van der Waals surface area contributed by atoms with Gasteiger partial charge in [-0.15, -0.1) is 0 Å². The minimum absolute atomic E-state index is 0.0598. The van der Waals surface area contributed by atoms with Gasteiger partial charge in [-0.05, 0) is 38.1 Å². The number of pyridine rings is 1. The zero-order valence-electron chi connectivity index (χ0n) is 12.2. The first-order chi connectivity index (χ1) is 10.1. The number of aromatic nitrogens is 2. The number of aromatic amines is 1. The molecule has 4 nitrogen and oxygen atoms in total. The third-order valence-corrected chi connectivity index (χ3v) is 3.55. The van der Waals surface area contributed by atoms with Gasteiger partial charge in [-0.2, -0.15) is 0 Å². The maximum absolute atomic E-state index is 12.1. The summed E-state index contributed by atoms with van der Waals surface area (Å²) in [6.45, 7) is 4.54. The second kappa shape index (κ2) is 5.40. The van der Waals surface area contributed by atoms with Gasteiger partial charge in [0.2, 0.25) is 0 Å². The van der Waals surface area contributed by atoms with Crippen LogP contribution in [-0.2, 0) is 6.54 Å². The van der Waals surface area contributed by atoms with Gasteiger partial charge in [0.1, 0.15) is 6.20 Å². The third-order valence-electron chi connectivity index (χ3n) is 3.55. The van der Waals surface area contributed by atoms with Crippen molar-refractivity contribution in [3.8, 4) is 0 Å². The molecule has 3 aromatic rings. The van der Waals surface area contributed by atoms with E-state index in [0.717, 1.165) is 16.9 Å². The molecule has 2 N–H and O–H groups in total. The van der Waals surface area contributed by atoms with Crippen LogP contribution in [0.2, 0.25) is 0 Å². The average Bonchev–Trinajstić information content (AvgIpc) is 2.90. The molecule has 0 aliphatic rings. The van der Waals surface area contributed by atoms with Crippen molar-refractivity contribution in [3.63, 3.8) is 0 Å². The zero-order chi connectivity index (χ0) is 14.8. The van der Waals surface area contributed by atoms with Crippen molar-refractivity contribution in [2.24, 2.45) is 0 Å². The SMILES string of the molecule is Cc1ccc(C(=O)NCc2c[n+]3cccc(C)c3[nH]2)cc1. The van der Waals surface area contributed by atoms with Crippen LogP contribution in [0.1, 0.15) is 27.2 Å². The van der Waals surface area contributed by atoms with Crippen LogP contribution in [0.5, 0.6) is 0 Å². The fourth-order valence-corrected chi connectivity index (χ4v) is 2.33. The maximum Gasteiger partial charge on any atom is 0.287 e. The number of amides is 1. The van der Waals surface area contributed by atoms with E-state index in [2.05, 4.69) is 23.3 Å². The van der Waals surface area contributed by atoms with Gasteiger partial charge < -0.3 is 5.32 Å². The first-order valence-electron chi connectivity index (χ1n) is 6.97. The van der Waals surface area contributed by atoms with Crippen LogP contribution in [0.15, 0.2) is 48.8 Å². The molecule has 0 radical (unpaired) electrons. The Kier molecular flexibility index (Phi) is 3.44. The first-order valence-corrected chi connectivity index (χ1v) is 6.97. The molecule has 0 unspecified atom stereocenters. The summed E-state index contributed by atoms with van der Waals surface area (Å²) in [5.74, 6) is -0.0598. The molecule has 4 heteroatoms. The van der Waals surface area contributed by atoms with Crippen LogP contribution in [0.3, 0.4) is 0 Å². The third kappa shape index (κ3) is 2.79. The molecule has 0 aliphatic heterocycles. The maximum atomic E-state index is 12.1. The molecule has 2 heterocycles. The van der Waals surface area contributed by atoms with Crippen LogP contribution in [0, 0.1) is 13.8 Å². The molecule has 21 heavy (non-hydrogen) atoms. The molecule has 0 bridgehead atoms.